The number of carbonyl (C=O) groups is 2. The van der Waals surface area contributed by atoms with Crippen molar-refractivity contribution >= 4 is 11.9 Å². The molecule has 172 valence electrons. The highest BCUT2D eigenvalue weighted by Crippen LogP contribution is 2.57. The van der Waals surface area contributed by atoms with Gasteiger partial charge in [0.1, 0.15) is 6.10 Å². The maximum absolute atomic E-state index is 12.6. The molecule has 1 heterocycles. The molecule has 7 heteroatoms. The van der Waals surface area contributed by atoms with E-state index in [1.165, 1.54) is 0 Å². The molecule has 31 heavy (non-hydrogen) atoms. The van der Waals surface area contributed by atoms with Gasteiger partial charge in [0.25, 0.3) is 0 Å². The molecule has 0 aromatic heterocycles. The number of esters is 1. The summed E-state index contributed by atoms with van der Waals surface area (Å²) in [6.07, 6.45) is 1.48. The lowest BCUT2D eigenvalue weighted by atomic mass is 9.65. The Morgan fingerprint density at radius 2 is 1.94 bits per heavy atom. The first-order valence-electron chi connectivity index (χ1n) is 11.1. The molecule has 1 aliphatic carbocycles. The first-order chi connectivity index (χ1) is 14.8. The van der Waals surface area contributed by atoms with Crippen molar-refractivity contribution in [2.45, 2.75) is 78.0 Å². The molecule has 0 radical (unpaired) electrons. The van der Waals surface area contributed by atoms with Gasteiger partial charge in [0.15, 0.2) is 6.29 Å². The molecular weight excluding hydrogens is 400 g/mol. The Balaban J connectivity index is 1.88. The van der Waals surface area contributed by atoms with Gasteiger partial charge in [0.05, 0.1) is 31.2 Å². The third-order valence-corrected chi connectivity index (χ3v) is 6.83. The summed E-state index contributed by atoms with van der Waals surface area (Å²) < 4.78 is 23.4. The molecule has 1 aromatic rings. The number of rotatable bonds is 9. The zero-order valence-electron chi connectivity index (χ0n) is 18.7. The molecule has 0 bridgehead atoms. The van der Waals surface area contributed by atoms with E-state index >= 15 is 0 Å². The summed E-state index contributed by atoms with van der Waals surface area (Å²) in [5.74, 6) is -1.41. The normalized spacial score (nSPS) is 33.2. The third-order valence-electron chi connectivity index (χ3n) is 6.83. The van der Waals surface area contributed by atoms with Crippen LogP contribution in [-0.2, 0) is 35.1 Å². The number of benzene rings is 1. The quantitative estimate of drug-likeness (QED) is 0.589. The van der Waals surface area contributed by atoms with E-state index in [1.54, 1.807) is 13.8 Å². The summed E-state index contributed by atoms with van der Waals surface area (Å²) >= 11 is 0. The first kappa shape index (κ1) is 23.7. The van der Waals surface area contributed by atoms with Crippen LogP contribution in [0, 0.1) is 10.8 Å². The molecule has 3 rings (SSSR count). The van der Waals surface area contributed by atoms with E-state index in [4.69, 9.17) is 18.9 Å². The van der Waals surface area contributed by atoms with Crippen LogP contribution >= 0.6 is 0 Å². The van der Waals surface area contributed by atoms with Gasteiger partial charge in [-0.3, -0.25) is 9.59 Å². The zero-order chi connectivity index (χ0) is 22.5. The molecule has 0 amide bonds. The second-order valence-corrected chi connectivity index (χ2v) is 8.94. The van der Waals surface area contributed by atoms with Crippen molar-refractivity contribution in [3.8, 4) is 0 Å². The summed E-state index contributed by atoms with van der Waals surface area (Å²) in [4.78, 5) is 25.0. The van der Waals surface area contributed by atoms with Gasteiger partial charge in [-0.15, -0.1) is 0 Å². The largest absolute Gasteiger partial charge is 0.481 e. The van der Waals surface area contributed by atoms with Crippen LogP contribution in [0.5, 0.6) is 0 Å². The second-order valence-electron chi connectivity index (χ2n) is 8.94. The Morgan fingerprint density at radius 3 is 2.55 bits per heavy atom. The monoisotopic (exact) mass is 434 g/mol. The molecule has 2 fully saturated rings. The fraction of sp³-hybridized carbons (Fsp3) is 0.667. The van der Waals surface area contributed by atoms with E-state index in [2.05, 4.69) is 0 Å². The highest BCUT2D eigenvalue weighted by atomic mass is 16.7. The van der Waals surface area contributed by atoms with Crippen molar-refractivity contribution in [3.05, 3.63) is 35.9 Å². The number of aliphatic carboxylic acids is 1. The molecule has 1 aliphatic heterocycles. The Bertz CT molecular complexity index is 746. The average Bonchev–Trinajstić information content (AvgIpc) is 2.95. The van der Waals surface area contributed by atoms with Gasteiger partial charge in [-0.25, -0.2) is 0 Å². The molecule has 1 saturated heterocycles. The van der Waals surface area contributed by atoms with Gasteiger partial charge in [-0.05, 0) is 50.5 Å². The average molecular weight is 435 g/mol. The molecule has 5 atom stereocenters. The van der Waals surface area contributed by atoms with Gasteiger partial charge < -0.3 is 24.1 Å². The smallest absolute Gasteiger partial charge is 0.312 e. The minimum Gasteiger partial charge on any atom is -0.481 e. The molecule has 1 aromatic carbocycles. The van der Waals surface area contributed by atoms with Gasteiger partial charge in [-0.1, -0.05) is 37.3 Å². The molecule has 1 N–H and O–H groups in total. The third kappa shape index (κ3) is 5.10. The minimum absolute atomic E-state index is 0.0137. The molecule has 7 nitrogen and oxygen atoms in total. The fourth-order valence-corrected chi connectivity index (χ4v) is 4.81. The van der Waals surface area contributed by atoms with Crippen LogP contribution in [0.3, 0.4) is 0 Å². The number of carboxylic acid groups (broad SMARTS) is 1. The Hall–Kier alpha value is -1.96. The summed E-state index contributed by atoms with van der Waals surface area (Å²) in [5.41, 5.74) is -1.29. The number of ether oxygens (including phenoxy) is 4. The zero-order valence-corrected chi connectivity index (χ0v) is 18.7. The van der Waals surface area contributed by atoms with Gasteiger partial charge in [0, 0.05) is 6.61 Å². The van der Waals surface area contributed by atoms with E-state index < -0.39 is 35.0 Å². The van der Waals surface area contributed by atoms with Gasteiger partial charge >= 0.3 is 11.9 Å². The van der Waals surface area contributed by atoms with Crippen molar-refractivity contribution in [1.82, 2.24) is 0 Å². The Labute approximate surface area is 184 Å². The molecule has 0 spiro atoms. The topological polar surface area (TPSA) is 91.3 Å². The molecule has 1 unspecified atom stereocenters. The highest BCUT2D eigenvalue weighted by molar-refractivity contribution is 5.79. The van der Waals surface area contributed by atoms with Crippen molar-refractivity contribution in [3.63, 3.8) is 0 Å². The van der Waals surface area contributed by atoms with Crippen LogP contribution in [0.2, 0.25) is 0 Å². The van der Waals surface area contributed by atoms with Crippen LogP contribution < -0.4 is 0 Å². The van der Waals surface area contributed by atoms with Crippen molar-refractivity contribution in [2.75, 3.05) is 13.2 Å². The second kappa shape index (κ2) is 10.1. The Kier molecular flexibility index (Phi) is 7.73. The Morgan fingerprint density at radius 1 is 1.19 bits per heavy atom. The van der Waals surface area contributed by atoms with E-state index in [0.29, 0.717) is 13.0 Å². The fourth-order valence-electron chi connectivity index (χ4n) is 4.81. The lowest BCUT2D eigenvalue weighted by Crippen LogP contribution is -2.50. The van der Waals surface area contributed by atoms with Crippen molar-refractivity contribution in [1.29, 1.82) is 0 Å². The predicted molar refractivity (Wildman–Crippen MR) is 113 cm³/mol. The number of carbonyl (C=O) groups excluding carboxylic acids is 1. The van der Waals surface area contributed by atoms with E-state index in [9.17, 15) is 14.7 Å². The standard InChI is InChI=1S/C24H34O7/c1-4-28-19(25)15-23(2)14-18(31-20-12-8-9-13-29-20)21(24(23,3)22(26)27)30-16-17-10-6-5-7-11-17/h5-7,10-11,18,20-21H,4,8-9,12-16H2,1-3H3,(H,26,27)/t18-,20?,21-,23-,24+/m1/s1. The predicted octanol–water partition coefficient (Wildman–Crippen LogP) is 3.94. The number of hydrogen-bond acceptors (Lipinski definition) is 6. The van der Waals surface area contributed by atoms with Gasteiger partial charge in [-0.2, -0.15) is 0 Å². The first-order valence-corrected chi connectivity index (χ1v) is 11.1. The summed E-state index contributed by atoms with van der Waals surface area (Å²) in [6, 6.07) is 9.62. The maximum atomic E-state index is 12.6. The van der Waals surface area contributed by atoms with Crippen molar-refractivity contribution < 1.29 is 33.6 Å². The minimum atomic E-state index is -1.34. The lowest BCUT2D eigenvalue weighted by molar-refractivity contribution is -0.217. The van der Waals surface area contributed by atoms with E-state index in [0.717, 1.165) is 24.8 Å². The summed E-state index contributed by atoms with van der Waals surface area (Å²) in [7, 11) is 0. The van der Waals surface area contributed by atoms with Crippen LogP contribution in [0.4, 0.5) is 0 Å². The number of hydrogen-bond donors (Lipinski definition) is 1. The molecule has 1 saturated carbocycles. The summed E-state index contributed by atoms with van der Waals surface area (Å²) in [5, 5.41) is 10.3. The van der Waals surface area contributed by atoms with Crippen LogP contribution in [-0.4, -0.2) is 48.8 Å². The maximum Gasteiger partial charge on any atom is 0.312 e. The van der Waals surface area contributed by atoms with E-state index in [-0.39, 0.29) is 25.9 Å². The number of carboxylic acids is 1. The van der Waals surface area contributed by atoms with Gasteiger partial charge in [0.2, 0.25) is 0 Å². The van der Waals surface area contributed by atoms with E-state index in [1.807, 2.05) is 37.3 Å². The molecule has 2 aliphatic rings. The summed E-state index contributed by atoms with van der Waals surface area (Å²) in [6.45, 7) is 6.36. The van der Waals surface area contributed by atoms with Crippen LogP contribution in [0.1, 0.15) is 58.4 Å². The highest BCUT2D eigenvalue weighted by Gasteiger charge is 2.65. The van der Waals surface area contributed by atoms with Crippen LogP contribution in [0.25, 0.3) is 0 Å². The lowest BCUT2D eigenvalue weighted by Gasteiger charge is -2.40. The SMILES string of the molecule is CCOC(=O)C[C@@]1(C)C[C@@H](OC2CCCCO2)[C@@H](OCc2ccccc2)[C@@]1(C)C(=O)O. The molecular formula is C24H34O7. The van der Waals surface area contributed by atoms with Crippen molar-refractivity contribution in [2.24, 2.45) is 10.8 Å². The van der Waals surface area contributed by atoms with Crippen LogP contribution in [0.15, 0.2) is 30.3 Å².